The average molecular weight is 476 g/mol. The summed E-state index contributed by atoms with van der Waals surface area (Å²) in [7, 11) is 3.26. The molecule has 2 atom stereocenters. The molecule has 6 heteroatoms. The van der Waals surface area contributed by atoms with Crippen LogP contribution < -0.4 is 14.8 Å². The van der Waals surface area contributed by atoms with Crippen molar-refractivity contribution in [1.29, 1.82) is 0 Å². The Balaban J connectivity index is 1.96. The Kier molecular flexibility index (Phi) is 8.29. The second-order valence-electron chi connectivity index (χ2n) is 5.72. The molecule has 4 nitrogen and oxygen atoms in total. The molecule has 0 heterocycles. The van der Waals surface area contributed by atoms with Crippen LogP contribution in [0.3, 0.4) is 0 Å². The molecule has 1 unspecified atom stereocenters. The minimum atomic E-state index is -0.588. The summed E-state index contributed by atoms with van der Waals surface area (Å²) in [5.41, 5.74) is 1.97. The van der Waals surface area contributed by atoms with Crippen molar-refractivity contribution in [2.75, 3.05) is 25.2 Å². The Hall–Kier alpha value is -1.02. The van der Waals surface area contributed by atoms with E-state index in [9.17, 15) is 5.11 Å². The van der Waals surface area contributed by atoms with Crippen molar-refractivity contribution in [1.82, 2.24) is 5.32 Å². The normalized spacial score (nSPS) is 13.3. The first-order chi connectivity index (χ1) is 12.1. The number of aliphatic hydroxyl groups excluding tert-OH is 1. The highest BCUT2D eigenvalue weighted by Gasteiger charge is 2.14. The Morgan fingerprint density at radius 3 is 2.52 bits per heavy atom. The molecule has 0 aliphatic carbocycles. The Morgan fingerprint density at radius 1 is 1.12 bits per heavy atom. The predicted molar refractivity (Wildman–Crippen MR) is 110 cm³/mol. The minimum absolute atomic E-state index is 0.243. The summed E-state index contributed by atoms with van der Waals surface area (Å²) in [6.45, 7) is 0.474. The van der Waals surface area contributed by atoms with Crippen LogP contribution in [0, 0.1) is 0 Å². The smallest absolute Gasteiger partial charge is 0.160 e. The summed E-state index contributed by atoms with van der Waals surface area (Å²) < 4.78 is 11.6. The van der Waals surface area contributed by atoms with Crippen LogP contribution in [-0.4, -0.2) is 36.3 Å². The van der Waals surface area contributed by atoms with E-state index in [-0.39, 0.29) is 6.04 Å². The van der Waals surface area contributed by atoms with Crippen LogP contribution in [0.2, 0.25) is 5.02 Å². The van der Waals surface area contributed by atoms with Crippen LogP contribution in [-0.2, 0) is 6.42 Å². The van der Waals surface area contributed by atoms with Crippen LogP contribution >= 0.6 is 34.2 Å². The number of hydrogen-bond acceptors (Lipinski definition) is 4. The highest BCUT2D eigenvalue weighted by molar-refractivity contribution is 14.1. The zero-order valence-electron chi connectivity index (χ0n) is 14.3. The number of nitrogens with one attached hydrogen (secondary N) is 1. The molecule has 0 radical (unpaired) electrons. The van der Waals surface area contributed by atoms with Gasteiger partial charge in [0.15, 0.2) is 11.5 Å². The van der Waals surface area contributed by atoms with Gasteiger partial charge in [-0.05, 0) is 41.8 Å². The third-order valence-corrected chi connectivity index (χ3v) is 5.25. The SMILES string of the molecule is COc1ccc(CC(CI)NC[C@H](O)c2cccc(Cl)c2)cc1OC. The summed E-state index contributed by atoms with van der Waals surface area (Å²) in [6.07, 6.45) is 0.250. The lowest BCUT2D eigenvalue weighted by molar-refractivity contribution is 0.171. The zero-order valence-corrected chi connectivity index (χ0v) is 17.3. The molecular weight excluding hydrogens is 453 g/mol. The van der Waals surface area contributed by atoms with Gasteiger partial charge in [0.1, 0.15) is 0 Å². The summed E-state index contributed by atoms with van der Waals surface area (Å²) in [4.78, 5) is 0. The van der Waals surface area contributed by atoms with Crippen molar-refractivity contribution in [3.8, 4) is 11.5 Å². The van der Waals surface area contributed by atoms with Crippen LogP contribution in [0.15, 0.2) is 42.5 Å². The number of ether oxygens (including phenoxy) is 2. The van der Waals surface area contributed by atoms with Gasteiger partial charge in [-0.25, -0.2) is 0 Å². The lowest BCUT2D eigenvalue weighted by Gasteiger charge is -2.20. The Labute approximate surface area is 167 Å². The zero-order chi connectivity index (χ0) is 18.2. The van der Waals surface area contributed by atoms with Crippen molar-refractivity contribution in [3.63, 3.8) is 0 Å². The number of alkyl halides is 1. The van der Waals surface area contributed by atoms with Gasteiger partial charge in [-0.3, -0.25) is 0 Å². The first kappa shape index (κ1) is 20.3. The summed E-state index contributed by atoms with van der Waals surface area (Å²) in [5.74, 6) is 1.45. The van der Waals surface area contributed by atoms with Gasteiger partial charge in [-0.2, -0.15) is 0 Å². The summed E-state index contributed by atoms with van der Waals surface area (Å²) in [5, 5.41) is 14.4. The van der Waals surface area contributed by atoms with E-state index in [1.807, 2.05) is 30.3 Å². The van der Waals surface area contributed by atoms with E-state index in [2.05, 4.69) is 27.9 Å². The standard InChI is InChI=1S/C19H23ClINO3/c1-24-18-7-6-13(9-19(18)25-2)8-16(11-21)22-12-17(23)14-4-3-5-15(20)10-14/h3-7,9-10,16-17,22-23H,8,11-12H2,1-2H3/t16?,17-/m0/s1. The van der Waals surface area contributed by atoms with Crippen LogP contribution in [0.1, 0.15) is 17.2 Å². The number of methoxy groups -OCH3 is 2. The van der Waals surface area contributed by atoms with Gasteiger partial charge in [-0.1, -0.05) is 52.4 Å². The van der Waals surface area contributed by atoms with Gasteiger partial charge < -0.3 is 19.9 Å². The molecule has 2 N–H and O–H groups in total. The fourth-order valence-corrected chi connectivity index (χ4v) is 3.40. The maximum absolute atomic E-state index is 10.3. The van der Waals surface area contributed by atoms with Crippen molar-refractivity contribution in [2.45, 2.75) is 18.6 Å². The third-order valence-electron chi connectivity index (χ3n) is 3.95. The van der Waals surface area contributed by atoms with Gasteiger partial charge in [0.25, 0.3) is 0 Å². The van der Waals surface area contributed by atoms with E-state index >= 15 is 0 Å². The first-order valence-corrected chi connectivity index (χ1v) is 9.91. The lowest BCUT2D eigenvalue weighted by atomic mass is 10.1. The fourth-order valence-electron chi connectivity index (χ4n) is 2.58. The van der Waals surface area contributed by atoms with Crippen LogP contribution in [0.25, 0.3) is 0 Å². The number of hydrogen-bond donors (Lipinski definition) is 2. The average Bonchev–Trinajstić information content (AvgIpc) is 2.64. The molecule has 0 spiro atoms. The molecule has 0 saturated carbocycles. The molecule has 0 bridgehead atoms. The lowest BCUT2D eigenvalue weighted by Crippen LogP contribution is -2.35. The topological polar surface area (TPSA) is 50.7 Å². The van der Waals surface area contributed by atoms with Gasteiger partial charge in [0, 0.05) is 22.0 Å². The van der Waals surface area contributed by atoms with Crippen LogP contribution in [0.5, 0.6) is 11.5 Å². The van der Waals surface area contributed by atoms with Crippen molar-refractivity contribution < 1.29 is 14.6 Å². The van der Waals surface area contributed by atoms with E-state index in [0.717, 1.165) is 33.5 Å². The fraction of sp³-hybridized carbons (Fsp3) is 0.368. The quantitative estimate of drug-likeness (QED) is 0.425. The Bertz CT molecular complexity index is 683. The van der Waals surface area contributed by atoms with E-state index < -0.39 is 6.10 Å². The molecule has 0 amide bonds. The number of aliphatic hydroxyl groups is 1. The largest absolute Gasteiger partial charge is 0.493 e. The summed E-state index contributed by atoms with van der Waals surface area (Å²) in [6, 6.07) is 13.5. The molecule has 0 fully saturated rings. The maximum Gasteiger partial charge on any atom is 0.160 e. The molecular formula is C19H23ClINO3. The second-order valence-corrected chi connectivity index (χ2v) is 7.04. The van der Waals surface area contributed by atoms with Crippen molar-refractivity contribution >= 4 is 34.2 Å². The van der Waals surface area contributed by atoms with Crippen molar-refractivity contribution in [3.05, 3.63) is 58.6 Å². The highest BCUT2D eigenvalue weighted by Crippen LogP contribution is 2.28. The van der Waals surface area contributed by atoms with Gasteiger partial charge in [-0.15, -0.1) is 0 Å². The summed E-state index contributed by atoms with van der Waals surface area (Å²) >= 11 is 8.34. The van der Waals surface area contributed by atoms with Crippen LogP contribution in [0.4, 0.5) is 0 Å². The molecule has 0 aliphatic heterocycles. The van der Waals surface area contributed by atoms with Gasteiger partial charge in [0.05, 0.1) is 20.3 Å². The molecule has 0 aromatic heterocycles. The van der Waals surface area contributed by atoms with Gasteiger partial charge in [0.2, 0.25) is 0 Å². The third kappa shape index (κ3) is 6.02. The maximum atomic E-state index is 10.3. The Morgan fingerprint density at radius 2 is 1.88 bits per heavy atom. The monoisotopic (exact) mass is 475 g/mol. The molecule has 2 aromatic rings. The molecule has 136 valence electrons. The van der Waals surface area contributed by atoms with Crippen molar-refractivity contribution in [2.24, 2.45) is 0 Å². The second kappa shape index (κ2) is 10.2. The van der Waals surface area contributed by atoms with E-state index in [1.54, 1.807) is 26.4 Å². The molecule has 2 aromatic carbocycles. The highest BCUT2D eigenvalue weighted by atomic mass is 127. The first-order valence-electron chi connectivity index (χ1n) is 8.01. The molecule has 25 heavy (non-hydrogen) atoms. The number of benzene rings is 2. The molecule has 2 rings (SSSR count). The minimum Gasteiger partial charge on any atom is -0.493 e. The number of rotatable bonds is 9. The van der Waals surface area contributed by atoms with E-state index in [1.165, 1.54) is 0 Å². The predicted octanol–water partition coefficient (Wildman–Crippen LogP) is 4.03. The number of halogens is 2. The van der Waals surface area contributed by atoms with E-state index in [0.29, 0.717) is 11.6 Å². The van der Waals surface area contributed by atoms with Gasteiger partial charge >= 0.3 is 0 Å². The van der Waals surface area contributed by atoms with E-state index in [4.69, 9.17) is 21.1 Å². The molecule has 0 aliphatic rings. The molecule has 0 saturated heterocycles.